The van der Waals surface area contributed by atoms with Crippen LogP contribution in [0.25, 0.3) is 0 Å². The molecule has 2 aliphatic heterocycles. The minimum absolute atomic E-state index is 0.0745. The molecule has 3 heterocycles. The standard InChI is InChI=1S/C20H24N4O2/c1-15-5-2-3-6-17(15)19(25)23-10-7-16-13-24(11-12-26-18(16)14-23)20-21-8-4-9-22-20/h2-6,8-9,16,18H,7,10-14H2,1H3/t16-,18-/m0/s1. The van der Waals surface area contributed by atoms with E-state index in [2.05, 4.69) is 14.9 Å². The van der Waals surface area contributed by atoms with Gasteiger partial charge in [0, 0.05) is 50.1 Å². The van der Waals surface area contributed by atoms with Crippen molar-refractivity contribution in [2.24, 2.45) is 5.92 Å². The molecule has 1 aromatic heterocycles. The van der Waals surface area contributed by atoms with Gasteiger partial charge in [-0.15, -0.1) is 0 Å². The molecule has 1 aromatic carbocycles. The van der Waals surface area contributed by atoms with Crippen LogP contribution in [0.15, 0.2) is 42.7 Å². The molecule has 4 rings (SSSR count). The summed E-state index contributed by atoms with van der Waals surface area (Å²) in [7, 11) is 0. The first kappa shape index (κ1) is 17.0. The van der Waals surface area contributed by atoms with Crippen molar-refractivity contribution in [3.8, 4) is 0 Å². The molecule has 0 radical (unpaired) electrons. The number of hydrogen-bond donors (Lipinski definition) is 0. The van der Waals surface area contributed by atoms with Crippen LogP contribution in [0.5, 0.6) is 0 Å². The van der Waals surface area contributed by atoms with E-state index in [0.29, 0.717) is 19.1 Å². The van der Waals surface area contributed by atoms with Gasteiger partial charge in [0.15, 0.2) is 0 Å². The van der Waals surface area contributed by atoms with E-state index in [-0.39, 0.29) is 12.0 Å². The van der Waals surface area contributed by atoms with Crippen LogP contribution in [0.1, 0.15) is 22.3 Å². The summed E-state index contributed by atoms with van der Waals surface area (Å²) in [6, 6.07) is 9.61. The molecule has 2 fully saturated rings. The van der Waals surface area contributed by atoms with E-state index in [4.69, 9.17) is 4.74 Å². The van der Waals surface area contributed by atoms with E-state index in [1.807, 2.05) is 42.2 Å². The Morgan fingerprint density at radius 3 is 2.73 bits per heavy atom. The lowest BCUT2D eigenvalue weighted by Gasteiger charge is -2.38. The number of fused-ring (bicyclic) bond motifs is 1. The van der Waals surface area contributed by atoms with Gasteiger partial charge in [0.2, 0.25) is 5.95 Å². The summed E-state index contributed by atoms with van der Waals surface area (Å²) >= 11 is 0. The van der Waals surface area contributed by atoms with E-state index in [0.717, 1.165) is 43.1 Å². The number of ether oxygens (including phenoxy) is 1. The monoisotopic (exact) mass is 352 g/mol. The van der Waals surface area contributed by atoms with Crippen LogP contribution in [0.2, 0.25) is 0 Å². The molecule has 0 aliphatic carbocycles. The van der Waals surface area contributed by atoms with Gasteiger partial charge in [-0.2, -0.15) is 0 Å². The Morgan fingerprint density at radius 1 is 1.12 bits per heavy atom. The van der Waals surface area contributed by atoms with Crippen LogP contribution in [0.4, 0.5) is 5.95 Å². The van der Waals surface area contributed by atoms with Gasteiger partial charge in [0.05, 0.1) is 12.7 Å². The van der Waals surface area contributed by atoms with Gasteiger partial charge in [-0.05, 0) is 31.0 Å². The largest absolute Gasteiger partial charge is 0.374 e. The summed E-state index contributed by atoms with van der Waals surface area (Å²) in [5.41, 5.74) is 1.81. The Morgan fingerprint density at radius 2 is 1.92 bits per heavy atom. The second kappa shape index (κ2) is 7.41. The number of rotatable bonds is 2. The van der Waals surface area contributed by atoms with Crippen molar-refractivity contribution in [1.82, 2.24) is 14.9 Å². The van der Waals surface area contributed by atoms with E-state index in [9.17, 15) is 4.79 Å². The van der Waals surface area contributed by atoms with Crippen molar-refractivity contribution < 1.29 is 9.53 Å². The SMILES string of the molecule is Cc1ccccc1C(=O)N1CC[C@H]2CN(c3ncccn3)CCO[C@H]2C1. The molecular formula is C20H24N4O2. The van der Waals surface area contributed by atoms with Crippen LogP contribution in [-0.4, -0.2) is 59.7 Å². The van der Waals surface area contributed by atoms with Gasteiger partial charge >= 0.3 is 0 Å². The van der Waals surface area contributed by atoms with E-state index in [1.165, 1.54) is 0 Å². The number of carbonyl (C=O) groups is 1. The molecule has 2 aliphatic rings. The third-order valence-electron chi connectivity index (χ3n) is 5.34. The normalized spacial score (nSPS) is 23.3. The maximum atomic E-state index is 12.9. The molecular weight excluding hydrogens is 328 g/mol. The number of aromatic nitrogens is 2. The second-order valence-electron chi connectivity index (χ2n) is 7.02. The summed E-state index contributed by atoms with van der Waals surface area (Å²) in [6.45, 7) is 5.69. The highest BCUT2D eigenvalue weighted by atomic mass is 16.5. The van der Waals surface area contributed by atoms with Gasteiger partial charge in [-0.3, -0.25) is 4.79 Å². The molecule has 136 valence electrons. The third kappa shape index (κ3) is 3.42. The molecule has 1 amide bonds. The number of benzene rings is 1. The van der Waals surface area contributed by atoms with Gasteiger partial charge < -0.3 is 14.5 Å². The molecule has 0 spiro atoms. The first-order valence-electron chi connectivity index (χ1n) is 9.21. The fourth-order valence-electron chi connectivity index (χ4n) is 3.86. The molecule has 0 N–H and O–H groups in total. The molecule has 0 bridgehead atoms. The maximum absolute atomic E-state index is 12.9. The lowest BCUT2D eigenvalue weighted by Crippen LogP contribution is -2.49. The topological polar surface area (TPSA) is 58.6 Å². The fourth-order valence-corrected chi connectivity index (χ4v) is 3.86. The Balaban J connectivity index is 1.45. The molecule has 0 saturated carbocycles. The van der Waals surface area contributed by atoms with Crippen LogP contribution in [0, 0.1) is 12.8 Å². The summed E-state index contributed by atoms with van der Waals surface area (Å²) < 4.78 is 6.11. The highest BCUT2D eigenvalue weighted by molar-refractivity contribution is 5.95. The average Bonchev–Trinajstić information content (AvgIpc) is 2.90. The van der Waals surface area contributed by atoms with Crippen molar-refractivity contribution in [3.05, 3.63) is 53.9 Å². The minimum Gasteiger partial charge on any atom is -0.374 e. The maximum Gasteiger partial charge on any atom is 0.254 e. The third-order valence-corrected chi connectivity index (χ3v) is 5.34. The number of nitrogens with zero attached hydrogens (tertiary/aromatic N) is 4. The number of likely N-dealkylation sites (tertiary alicyclic amines) is 1. The Labute approximate surface area is 153 Å². The Kier molecular flexibility index (Phi) is 4.84. The van der Waals surface area contributed by atoms with E-state index in [1.54, 1.807) is 12.4 Å². The van der Waals surface area contributed by atoms with Gasteiger partial charge in [0.25, 0.3) is 5.91 Å². The quantitative estimate of drug-likeness (QED) is 0.829. The average molecular weight is 352 g/mol. The van der Waals surface area contributed by atoms with E-state index >= 15 is 0 Å². The van der Waals surface area contributed by atoms with Crippen molar-refractivity contribution in [1.29, 1.82) is 0 Å². The number of aryl methyl sites for hydroxylation is 1. The predicted octanol–water partition coefficient (Wildman–Crippen LogP) is 2.15. The zero-order chi connectivity index (χ0) is 17.9. The van der Waals surface area contributed by atoms with Crippen LogP contribution in [0.3, 0.4) is 0 Å². The van der Waals surface area contributed by atoms with Crippen molar-refractivity contribution in [2.75, 3.05) is 37.7 Å². The highest BCUT2D eigenvalue weighted by Crippen LogP contribution is 2.26. The zero-order valence-corrected chi connectivity index (χ0v) is 15.0. The number of carbonyl (C=O) groups excluding carboxylic acids is 1. The van der Waals surface area contributed by atoms with Gasteiger partial charge in [-0.25, -0.2) is 9.97 Å². The summed E-state index contributed by atoms with van der Waals surface area (Å²) in [5.74, 6) is 1.26. The summed E-state index contributed by atoms with van der Waals surface area (Å²) in [4.78, 5) is 25.8. The zero-order valence-electron chi connectivity index (χ0n) is 15.0. The Bertz CT molecular complexity index is 767. The van der Waals surface area contributed by atoms with Gasteiger partial charge in [-0.1, -0.05) is 18.2 Å². The number of amides is 1. The number of anilines is 1. The molecule has 0 unspecified atom stereocenters. The first-order valence-corrected chi connectivity index (χ1v) is 9.21. The molecule has 6 nitrogen and oxygen atoms in total. The lowest BCUT2D eigenvalue weighted by molar-refractivity contribution is -0.0169. The Hall–Kier alpha value is -2.47. The minimum atomic E-state index is 0.0745. The van der Waals surface area contributed by atoms with Crippen molar-refractivity contribution in [3.63, 3.8) is 0 Å². The molecule has 2 atom stereocenters. The second-order valence-corrected chi connectivity index (χ2v) is 7.02. The van der Waals surface area contributed by atoms with Crippen LogP contribution >= 0.6 is 0 Å². The smallest absolute Gasteiger partial charge is 0.254 e. The van der Waals surface area contributed by atoms with E-state index < -0.39 is 0 Å². The van der Waals surface area contributed by atoms with Crippen molar-refractivity contribution in [2.45, 2.75) is 19.4 Å². The van der Waals surface area contributed by atoms with Crippen molar-refractivity contribution >= 4 is 11.9 Å². The highest BCUT2D eigenvalue weighted by Gasteiger charge is 2.36. The summed E-state index contributed by atoms with van der Waals surface area (Å²) in [6.07, 6.45) is 4.56. The van der Waals surface area contributed by atoms with Crippen LogP contribution < -0.4 is 4.90 Å². The number of hydrogen-bond acceptors (Lipinski definition) is 5. The molecule has 26 heavy (non-hydrogen) atoms. The fraction of sp³-hybridized carbons (Fsp3) is 0.450. The lowest BCUT2D eigenvalue weighted by atomic mass is 9.92. The first-order chi connectivity index (χ1) is 12.7. The molecule has 2 saturated heterocycles. The van der Waals surface area contributed by atoms with Gasteiger partial charge in [0.1, 0.15) is 0 Å². The van der Waals surface area contributed by atoms with Crippen LogP contribution in [-0.2, 0) is 4.74 Å². The number of piperidine rings is 1. The summed E-state index contributed by atoms with van der Waals surface area (Å²) in [5, 5.41) is 0. The molecule has 2 aromatic rings. The molecule has 6 heteroatoms. The predicted molar refractivity (Wildman–Crippen MR) is 99.2 cm³/mol.